The molecule has 2 rings (SSSR count). The highest BCUT2D eigenvalue weighted by molar-refractivity contribution is 6.29. The molecule has 0 atom stereocenters. The second-order valence-corrected chi connectivity index (χ2v) is 4.21. The third-order valence-electron chi connectivity index (χ3n) is 2.65. The number of nitrogens with zero attached hydrogens (tertiary/aromatic N) is 3. The van der Waals surface area contributed by atoms with Crippen LogP contribution in [0.3, 0.4) is 0 Å². The molecule has 18 heavy (non-hydrogen) atoms. The SMILES string of the molecule is COC(=O)c1cnn(-c2nc(Cl)ccc2C)c1C. The molecule has 0 aliphatic rings. The molecule has 2 aromatic rings. The van der Waals surface area contributed by atoms with Crippen molar-refractivity contribution in [2.45, 2.75) is 13.8 Å². The van der Waals surface area contributed by atoms with E-state index < -0.39 is 5.97 Å². The summed E-state index contributed by atoms with van der Waals surface area (Å²) >= 11 is 5.87. The minimum absolute atomic E-state index is 0.380. The van der Waals surface area contributed by atoms with Crippen molar-refractivity contribution < 1.29 is 9.53 Å². The highest BCUT2D eigenvalue weighted by atomic mass is 35.5. The van der Waals surface area contributed by atoms with Crippen LogP contribution in [-0.2, 0) is 4.74 Å². The molecule has 0 spiro atoms. The van der Waals surface area contributed by atoms with Crippen LogP contribution >= 0.6 is 11.6 Å². The Morgan fingerprint density at radius 2 is 2.11 bits per heavy atom. The fourth-order valence-corrected chi connectivity index (χ4v) is 1.79. The lowest BCUT2D eigenvalue weighted by atomic mass is 10.2. The highest BCUT2D eigenvalue weighted by Gasteiger charge is 2.17. The maximum Gasteiger partial charge on any atom is 0.341 e. The minimum atomic E-state index is -0.418. The van der Waals surface area contributed by atoms with Gasteiger partial charge in [0.25, 0.3) is 0 Å². The maximum absolute atomic E-state index is 11.5. The summed E-state index contributed by atoms with van der Waals surface area (Å²) in [5.41, 5.74) is 2.00. The number of aromatic nitrogens is 3. The number of aryl methyl sites for hydroxylation is 1. The molecule has 5 nitrogen and oxygen atoms in total. The summed E-state index contributed by atoms with van der Waals surface area (Å²) in [6, 6.07) is 3.56. The summed E-state index contributed by atoms with van der Waals surface area (Å²) in [4.78, 5) is 15.7. The topological polar surface area (TPSA) is 57.0 Å². The average Bonchev–Trinajstić information content (AvgIpc) is 2.73. The van der Waals surface area contributed by atoms with Gasteiger partial charge in [0.05, 0.1) is 19.0 Å². The number of ether oxygens (including phenoxy) is 1. The molecule has 0 fully saturated rings. The summed E-state index contributed by atoms with van der Waals surface area (Å²) < 4.78 is 6.26. The standard InChI is InChI=1S/C12H12ClN3O2/c1-7-4-5-10(13)15-11(7)16-8(2)9(6-14-16)12(17)18-3/h4-6H,1-3H3. The fourth-order valence-electron chi connectivity index (χ4n) is 1.64. The Morgan fingerprint density at radius 3 is 2.78 bits per heavy atom. The Morgan fingerprint density at radius 1 is 1.39 bits per heavy atom. The van der Waals surface area contributed by atoms with Gasteiger partial charge in [-0.3, -0.25) is 0 Å². The minimum Gasteiger partial charge on any atom is -0.465 e. The number of pyridine rings is 1. The summed E-state index contributed by atoms with van der Waals surface area (Å²) in [5.74, 6) is 0.189. The second-order valence-electron chi connectivity index (χ2n) is 3.82. The molecule has 2 heterocycles. The summed E-state index contributed by atoms with van der Waals surface area (Å²) in [6.07, 6.45) is 1.46. The Bertz CT molecular complexity index is 607. The molecule has 0 aromatic carbocycles. The van der Waals surface area contributed by atoms with Crippen molar-refractivity contribution in [1.82, 2.24) is 14.8 Å². The summed E-state index contributed by atoms with van der Waals surface area (Å²) in [7, 11) is 1.34. The molecule has 0 amide bonds. The Labute approximate surface area is 109 Å². The number of hydrogen-bond acceptors (Lipinski definition) is 4. The van der Waals surface area contributed by atoms with Crippen LogP contribution in [0.4, 0.5) is 0 Å². The first-order chi connectivity index (χ1) is 8.54. The monoisotopic (exact) mass is 265 g/mol. The molecule has 0 saturated carbocycles. The van der Waals surface area contributed by atoms with Gasteiger partial charge in [0.15, 0.2) is 5.82 Å². The largest absolute Gasteiger partial charge is 0.465 e. The van der Waals surface area contributed by atoms with E-state index in [-0.39, 0.29) is 0 Å². The number of methoxy groups -OCH3 is 1. The van der Waals surface area contributed by atoms with Gasteiger partial charge in [-0.15, -0.1) is 0 Å². The van der Waals surface area contributed by atoms with Gasteiger partial charge in [0.2, 0.25) is 0 Å². The van der Waals surface area contributed by atoms with E-state index in [2.05, 4.69) is 14.8 Å². The van der Waals surface area contributed by atoms with Crippen molar-refractivity contribution in [3.8, 4) is 5.82 Å². The number of esters is 1. The fraction of sp³-hybridized carbons (Fsp3) is 0.250. The average molecular weight is 266 g/mol. The maximum atomic E-state index is 11.5. The number of rotatable bonds is 2. The zero-order valence-corrected chi connectivity index (χ0v) is 11.0. The van der Waals surface area contributed by atoms with Crippen LogP contribution in [0.25, 0.3) is 5.82 Å². The van der Waals surface area contributed by atoms with Crippen molar-refractivity contribution in [3.05, 3.63) is 40.3 Å². The number of carbonyl (C=O) groups is 1. The van der Waals surface area contributed by atoms with Crippen molar-refractivity contribution in [1.29, 1.82) is 0 Å². The number of carbonyl (C=O) groups excluding carboxylic acids is 1. The third-order valence-corrected chi connectivity index (χ3v) is 2.86. The predicted molar refractivity (Wildman–Crippen MR) is 67.2 cm³/mol. The third kappa shape index (κ3) is 2.09. The molecule has 6 heteroatoms. The first-order valence-electron chi connectivity index (χ1n) is 5.31. The van der Waals surface area contributed by atoms with Crippen LogP contribution in [0.15, 0.2) is 18.3 Å². The number of halogens is 1. The van der Waals surface area contributed by atoms with Crippen LogP contribution in [0.1, 0.15) is 21.6 Å². The van der Waals surface area contributed by atoms with Crippen LogP contribution < -0.4 is 0 Å². The van der Waals surface area contributed by atoms with Gasteiger partial charge in [0, 0.05) is 0 Å². The van der Waals surface area contributed by atoms with Gasteiger partial charge < -0.3 is 4.74 Å². The molecular weight excluding hydrogens is 254 g/mol. The molecule has 2 aromatic heterocycles. The van der Waals surface area contributed by atoms with Crippen molar-refractivity contribution in [2.75, 3.05) is 7.11 Å². The van der Waals surface area contributed by atoms with Crippen LogP contribution in [0, 0.1) is 13.8 Å². The lowest BCUT2D eigenvalue weighted by Gasteiger charge is -2.07. The molecule has 0 saturated heterocycles. The molecule has 0 N–H and O–H groups in total. The van der Waals surface area contributed by atoms with Gasteiger partial charge in [-0.1, -0.05) is 17.7 Å². The van der Waals surface area contributed by atoms with E-state index in [1.807, 2.05) is 13.0 Å². The lowest BCUT2D eigenvalue weighted by Crippen LogP contribution is -2.07. The van der Waals surface area contributed by atoms with Crippen molar-refractivity contribution in [2.24, 2.45) is 0 Å². The van der Waals surface area contributed by atoms with Crippen molar-refractivity contribution in [3.63, 3.8) is 0 Å². The van der Waals surface area contributed by atoms with E-state index in [1.54, 1.807) is 17.7 Å². The lowest BCUT2D eigenvalue weighted by molar-refractivity contribution is 0.0600. The van der Waals surface area contributed by atoms with E-state index in [4.69, 9.17) is 11.6 Å². The molecule has 0 aliphatic carbocycles. The molecule has 0 unspecified atom stereocenters. The van der Waals surface area contributed by atoms with Gasteiger partial charge in [0.1, 0.15) is 10.7 Å². The molecular formula is C12H12ClN3O2. The van der Waals surface area contributed by atoms with E-state index in [9.17, 15) is 4.79 Å². The van der Waals surface area contributed by atoms with Crippen LogP contribution in [-0.4, -0.2) is 27.8 Å². The van der Waals surface area contributed by atoms with Crippen LogP contribution in [0.2, 0.25) is 5.15 Å². The number of hydrogen-bond donors (Lipinski definition) is 0. The zero-order chi connectivity index (χ0) is 13.3. The van der Waals surface area contributed by atoms with Crippen LogP contribution in [0.5, 0.6) is 0 Å². The molecule has 0 aliphatic heterocycles. The summed E-state index contributed by atoms with van der Waals surface area (Å²) in [5, 5.41) is 4.53. The quantitative estimate of drug-likeness (QED) is 0.618. The zero-order valence-electron chi connectivity index (χ0n) is 10.3. The molecule has 0 bridgehead atoms. The first kappa shape index (κ1) is 12.6. The van der Waals surface area contributed by atoms with E-state index in [0.717, 1.165) is 5.56 Å². The van der Waals surface area contributed by atoms with Gasteiger partial charge in [-0.05, 0) is 25.5 Å². The smallest absolute Gasteiger partial charge is 0.341 e. The Kier molecular flexibility index (Phi) is 3.34. The van der Waals surface area contributed by atoms with Gasteiger partial charge in [-0.25, -0.2) is 14.5 Å². The Balaban J connectivity index is 2.55. The Hall–Kier alpha value is -1.88. The van der Waals surface area contributed by atoms with E-state index in [1.165, 1.54) is 13.3 Å². The molecule has 94 valence electrons. The molecule has 0 radical (unpaired) electrons. The first-order valence-corrected chi connectivity index (χ1v) is 5.69. The normalized spacial score (nSPS) is 10.4. The van der Waals surface area contributed by atoms with E-state index in [0.29, 0.717) is 22.2 Å². The van der Waals surface area contributed by atoms with Crippen molar-refractivity contribution >= 4 is 17.6 Å². The predicted octanol–water partition coefficient (Wildman–Crippen LogP) is 2.32. The second kappa shape index (κ2) is 4.78. The van der Waals surface area contributed by atoms with Gasteiger partial charge >= 0.3 is 5.97 Å². The highest BCUT2D eigenvalue weighted by Crippen LogP contribution is 2.18. The van der Waals surface area contributed by atoms with E-state index >= 15 is 0 Å². The van der Waals surface area contributed by atoms with Gasteiger partial charge in [-0.2, -0.15) is 5.10 Å². The summed E-state index contributed by atoms with van der Waals surface area (Å²) in [6.45, 7) is 3.68.